The molecule has 0 aliphatic heterocycles. The van der Waals surface area contributed by atoms with Gasteiger partial charge in [0.15, 0.2) is 0 Å². The maximum absolute atomic E-state index is 5.94. The molecule has 0 radical (unpaired) electrons. The van der Waals surface area contributed by atoms with Gasteiger partial charge in [-0.25, -0.2) is 0 Å². The first-order chi connectivity index (χ1) is 8.57. The van der Waals surface area contributed by atoms with E-state index in [2.05, 4.69) is 31.3 Å². The topological polar surface area (TPSA) is 38.0 Å². The highest BCUT2D eigenvalue weighted by Gasteiger charge is 2.30. The number of para-hydroxylation sites is 1. The summed E-state index contributed by atoms with van der Waals surface area (Å²) in [4.78, 5) is 0. The molecule has 1 saturated carbocycles. The van der Waals surface area contributed by atoms with E-state index >= 15 is 0 Å². The molecule has 1 aliphatic rings. The third kappa shape index (κ3) is 3.74. The normalized spacial score (nSPS) is 22.2. The van der Waals surface area contributed by atoms with Crippen molar-refractivity contribution in [3.63, 3.8) is 0 Å². The van der Waals surface area contributed by atoms with Crippen LogP contribution in [-0.2, 0) is 6.42 Å². The van der Waals surface area contributed by atoms with E-state index in [0.29, 0.717) is 5.41 Å². The van der Waals surface area contributed by atoms with Crippen LogP contribution in [0.1, 0.15) is 45.1 Å². The van der Waals surface area contributed by atoms with Crippen LogP contribution in [0.15, 0.2) is 24.3 Å². The van der Waals surface area contributed by atoms with Crippen LogP contribution in [0.4, 0.5) is 5.69 Å². The highest BCUT2D eigenvalue weighted by atomic mass is 14.9. The third-order valence-electron chi connectivity index (χ3n) is 4.08. The molecule has 1 aromatic carbocycles. The molecule has 0 saturated heterocycles. The Morgan fingerprint density at radius 2 is 2.11 bits per heavy atom. The first-order valence-corrected chi connectivity index (χ1v) is 7.14. The van der Waals surface area contributed by atoms with Crippen molar-refractivity contribution in [3.8, 4) is 0 Å². The van der Waals surface area contributed by atoms with Gasteiger partial charge in [-0.05, 0) is 55.7 Å². The van der Waals surface area contributed by atoms with Crippen molar-refractivity contribution in [1.82, 2.24) is 5.32 Å². The maximum atomic E-state index is 5.94. The lowest BCUT2D eigenvalue weighted by atomic mass is 9.92. The van der Waals surface area contributed by atoms with Crippen LogP contribution in [0.3, 0.4) is 0 Å². The molecule has 2 heteroatoms. The zero-order valence-electron chi connectivity index (χ0n) is 11.7. The van der Waals surface area contributed by atoms with Crippen molar-refractivity contribution in [1.29, 1.82) is 0 Å². The summed E-state index contributed by atoms with van der Waals surface area (Å²) in [5.74, 6) is 0. The molecular weight excluding hydrogens is 220 g/mol. The molecule has 0 bridgehead atoms. The average molecular weight is 246 g/mol. The van der Waals surface area contributed by atoms with Crippen LogP contribution >= 0.6 is 0 Å². The molecule has 0 amide bonds. The molecule has 3 N–H and O–H groups in total. The lowest BCUT2D eigenvalue weighted by Crippen LogP contribution is -2.28. The van der Waals surface area contributed by atoms with E-state index in [1.54, 1.807) is 0 Å². The van der Waals surface area contributed by atoms with E-state index in [1.807, 2.05) is 12.1 Å². The second-order valence-electron chi connectivity index (χ2n) is 6.36. The van der Waals surface area contributed by atoms with Crippen molar-refractivity contribution in [2.75, 3.05) is 12.3 Å². The minimum Gasteiger partial charge on any atom is -0.399 e. The quantitative estimate of drug-likeness (QED) is 0.617. The molecule has 100 valence electrons. The number of rotatable bonds is 5. The minimum absolute atomic E-state index is 0.543. The van der Waals surface area contributed by atoms with Gasteiger partial charge in [-0.15, -0.1) is 0 Å². The summed E-state index contributed by atoms with van der Waals surface area (Å²) in [6, 6.07) is 8.92. The molecule has 2 rings (SSSR count). The zero-order chi connectivity index (χ0) is 13.0. The van der Waals surface area contributed by atoms with Gasteiger partial charge in [0.05, 0.1) is 0 Å². The Hall–Kier alpha value is -1.02. The Kier molecular flexibility index (Phi) is 4.28. The number of nitrogen functional groups attached to an aromatic ring is 1. The predicted octanol–water partition coefficient (Wildman–Crippen LogP) is 3.37. The monoisotopic (exact) mass is 246 g/mol. The van der Waals surface area contributed by atoms with Crippen molar-refractivity contribution in [3.05, 3.63) is 29.8 Å². The first-order valence-electron chi connectivity index (χ1n) is 7.14. The average Bonchev–Trinajstić information content (AvgIpc) is 2.67. The lowest BCUT2D eigenvalue weighted by molar-refractivity contribution is 0.364. The van der Waals surface area contributed by atoms with Gasteiger partial charge in [0, 0.05) is 11.7 Å². The summed E-state index contributed by atoms with van der Waals surface area (Å²) in [5, 5.41) is 3.69. The van der Waals surface area contributed by atoms with Crippen LogP contribution in [0.5, 0.6) is 0 Å². The zero-order valence-corrected chi connectivity index (χ0v) is 11.7. The van der Waals surface area contributed by atoms with E-state index in [0.717, 1.165) is 24.7 Å². The molecule has 1 aliphatic carbocycles. The summed E-state index contributed by atoms with van der Waals surface area (Å²) >= 11 is 0. The van der Waals surface area contributed by atoms with Gasteiger partial charge in [-0.2, -0.15) is 0 Å². The van der Waals surface area contributed by atoms with Crippen molar-refractivity contribution < 1.29 is 0 Å². The fourth-order valence-electron chi connectivity index (χ4n) is 2.96. The number of hydrogen-bond donors (Lipinski definition) is 2. The Morgan fingerprint density at radius 1 is 1.33 bits per heavy atom. The summed E-state index contributed by atoms with van der Waals surface area (Å²) < 4.78 is 0. The standard InChI is InChI=1S/C16H26N2/c1-16(2)10-9-14(12-16)18-11-5-7-13-6-3-4-8-15(13)17/h3-4,6,8,14,18H,5,7,9-12,17H2,1-2H3. The minimum atomic E-state index is 0.543. The third-order valence-corrected chi connectivity index (χ3v) is 4.08. The van der Waals surface area contributed by atoms with Gasteiger partial charge >= 0.3 is 0 Å². The van der Waals surface area contributed by atoms with Gasteiger partial charge in [0.25, 0.3) is 0 Å². The summed E-state index contributed by atoms with van der Waals surface area (Å²) in [7, 11) is 0. The SMILES string of the molecule is CC1(C)CCC(NCCCc2ccccc2N)C1. The molecule has 0 spiro atoms. The van der Waals surface area contributed by atoms with Crippen LogP contribution in [0.25, 0.3) is 0 Å². The summed E-state index contributed by atoms with van der Waals surface area (Å²) in [5.41, 5.74) is 8.70. The van der Waals surface area contributed by atoms with E-state index in [4.69, 9.17) is 5.73 Å². The van der Waals surface area contributed by atoms with Crippen LogP contribution in [-0.4, -0.2) is 12.6 Å². The van der Waals surface area contributed by atoms with Crippen LogP contribution in [0, 0.1) is 5.41 Å². The molecule has 2 nitrogen and oxygen atoms in total. The Bertz CT molecular complexity index is 384. The Morgan fingerprint density at radius 3 is 2.78 bits per heavy atom. The number of anilines is 1. The van der Waals surface area contributed by atoms with E-state index in [-0.39, 0.29) is 0 Å². The number of nitrogens with one attached hydrogen (secondary N) is 1. The second-order valence-corrected chi connectivity index (χ2v) is 6.36. The summed E-state index contributed by atoms with van der Waals surface area (Å²) in [6.07, 6.45) is 6.26. The van der Waals surface area contributed by atoms with E-state index < -0.39 is 0 Å². The smallest absolute Gasteiger partial charge is 0.0346 e. The molecule has 1 aromatic rings. The lowest BCUT2D eigenvalue weighted by Gasteiger charge is -2.17. The molecule has 0 heterocycles. The molecule has 18 heavy (non-hydrogen) atoms. The molecule has 1 atom stereocenters. The predicted molar refractivity (Wildman–Crippen MR) is 78.6 cm³/mol. The van der Waals surface area contributed by atoms with Gasteiger partial charge < -0.3 is 11.1 Å². The van der Waals surface area contributed by atoms with Crippen LogP contribution < -0.4 is 11.1 Å². The molecule has 0 aromatic heterocycles. The fourth-order valence-corrected chi connectivity index (χ4v) is 2.96. The molecular formula is C16H26N2. The van der Waals surface area contributed by atoms with Crippen LogP contribution in [0.2, 0.25) is 0 Å². The Labute approximate surface area is 111 Å². The first kappa shape index (κ1) is 13.4. The van der Waals surface area contributed by atoms with Gasteiger partial charge in [-0.1, -0.05) is 32.0 Å². The highest BCUT2D eigenvalue weighted by Crippen LogP contribution is 2.36. The Balaban J connectivity index is 1.67. The number of aryl methyl sites for hydroxylation is 1. The number of nitrogens with two attached hydrogens (primary N) is 1. The van der Waals surface area contributed by atoms with Gasteiger partial charge in [0.1, 0.15) is 0 Å². The second kappa shape index (κ2) is 5.75. The van der Waals surface area contributed by atoms with E-state index in [1.165, 1.54) is 31.2 Å². The number of benzene rings is 1. The largest absolute Gasteiger partial charge is 0.399 e. The fraction of sp³-hybridized carbons (Fsp3) is 0.625. The van der Waals surface area contributed by atoms with Crippen molar-refractivity contribution in [2.24, 2.45) is 5.41 Å². The van der Waals surface area contributed by atoms with Gasteiger partial charge in [0.2, 0.25) is 0 Å². The molecule has 1 unspecified atom stereocenters. The van der Waals surface area contributed by atoms with Crippen molar-refractivity contribution >= 4 is 5.69 Å². The summed E-state index contributed by atoms with van der Waals surface area (Å²) in [6.45, 7) is 5.85. The maximum Gasteiger partial charge on any atom is 0.0346 e. The number of hydrogen-bond acceptors (Lipinski definition) is 2. The molecule has 1 fully saturated rings. The highest BCUT2D eigenvalue weighted by molar-refractivity contribution is 5.46. The van der Waals surface area contributed by atoms with Gasteiger partial charge in [-0.3, -0.25) is 0 Å². The van der Waals surface area contributed by atoms with Crippen molar-refractivity contribution in [2.45, 2.75) is 52.0 Å². The van der Waals surface area contributed by atoms with E-state index in [9.17, 15) is 0 Å².